The maximum Gasteiger partial charge on any atom is 0.394 e. The van der Waals surface area contributed by atoms with Crippen LogP contribution in [0.2, 0.25) is 0 Å². The summed E-state index contributed by atoms with van der Waals surface area (Å²) in [5, 5.41) is -2.45. The topological polar surface area (TPSA) is 52.3 Å². The van der Waals surface area contributed by atoms with Crippen LogP contribution < -0.4 is 0 Å². The molecule has 0 N–H and O–H groups in total. The van der Waals surface area contributed by atoms with E-state index in [4.69, 9.17) is 0 Å². The van der Waals surface area contributed by atoms with E-state index in [0.717, 1.165) is 0 Å². The number of carbonyl (C=O) groups is 1. The van der Waals surface area contributed by atoms with Gasteiger partial charge >= 0.3 is 23.2 Å². The van der Waals surface area contributed by atoms with Crippen molar-refractivity contribution in [2.75, 3.05) is 6.61 Å². The highest BCUT2D eigenvalue weighted by atomic mass is 35.5. The van der Waals surface area contributed by atoms with E-state index in [1.807, 2.05) is 0 Å². The largest absolute Gasteiger partial charge is 0.462 e. The predicted octanol–water partition coefficient (Wildman–Crippen LogP) is 5.08. The molecule has 11 heteroatoms. The first-order valence-corrected chi connectivity index (χ1v) is 7.38. The van der Waals surface area contributed by atoms with Gasteiger partial charge < -0.3 is 9.26 Å². The fraction of sp³-hybridized carbons (Fsp3) is 0.333. The maximum atomic E-state index is 14.2. The maximum absolute atomic E-state index is 14.2. The fourth-order valence-electron chi connectivity index (χ4n) is 2.01. The van der Waals surface area contributed by atoms with Crippen molar-refractivity contribution in [1.29, 1.82) is 0 Å². The summed E-state index contributed by atoms with van der Waals surface area (Å²) in [6.45, 7) is 1.03. The highest BCUT2D eigenvalue weighted by molar-refractivity contribution is 6.22. The molecule has 0 amide bonds. The summed E-state index contributed by atoms with van der Waals surface area (Å²) in [4.78, 5) is 12.0. The Balaban J connectivity index is 2.70. The van der Waals surface area contributed by atoms with Crippen molar-refractivity contribution >= 4 is 17.6 Å². The van der Waals surface area contributed by atoms with Gasteiger partial charge in [-0.1, -0.05) is 35.5 Å². The van der Waals surface area contributed by atoms with E-state index in [2.05, 4.69) is 26.0 Å². The molecule has 0 spiro atoms. The fourth-order valence-corrected chi connectivity index (χ4v) is 2.13. The van der Waals surface area contributed by atoms with Crippen molar-refractivity contribution in [1.82, 2.24) is 5.16 Å². The molecule has 0 fully saturated rings. The predicted molar refractivity (Wildman–Crippen MR) is 77.5 cm³/mol. The number of esters is 1. The minimum absolute atomic E-state index is 0.0438. The molecule has 2 rings (SSSR count). The Morgan fingerprint density at radius 2 is 1.73 bits per heavy atom. The highest BCUT2D eigenvalue weighted by Gasteiger charge is 2.74. The zero-order chi connectivity index (χ0) is 19.8. The van der Waals surface area contributed by atoms with E-state index >= 15 is 0 Å². The number of nitrogens with zero attached hydrogens (tertiary/aromatic N) is 1. The highest BCUT2D eigenvalue weighted by Crippen LogP contribution is 2.54. The molecule has 0 atom stereocenters. The molecule has 4 nitrogen and oxygen atoms in total. The molecule has 0 aliphatic heterocycles. The SMILES string of the molecule is CCOC(=O)c1c(-c2ccccc2)noc1C(F)(F)C(F)(F)C(F)(F)Cl. The Morgan fingerprint density at radius 1 is 1.15 bits per heavy atom. The molecule has 142 valence electrons. The average molecular weight is 402 g/mol. The molecular weight excluding hydrogens is 392 g/mol. The van der Waals surface area contributed by atoms with E-state index in [1.54, 1.807) is 6.07 Å². The third kappa shape index (κ3) is 3.25. The van der Waals surface area contributed by atoms with Crippen molar-refractivity contribution in [3.63, 3.8) is 0 Å². The van der Waals surface area contributed by atoms with Crippen LogP contribution in [-0.4, -0.2) is 29.0 Å². The van der Waals surface area contributed by atoms with Gasteiger partial charge in [-0.15, -0.1) is 0 Å². The Kier molecular flexibility index (Phi) is 5.27. The van der Waals surface area contributed by atoms with Gasteiger partial charge in [0.2, 0.25) is 5.76 Å². The number of hydrogen-bond acceptors (Lipinski definition) is 4. The first-order chi connectivity index (χ1) is 11.9. The van der Waals surface area contributed by atoms with Crippen LogP contribution in [0.1, 0.15) is 23.0 Å². The minimum Gasteiger partial charge on any atom is -0.462 e. The van der Waals surface area contributed by atoms with E-state index in [0.29, 0.717) is 0 Å². The van der Waals surface area contributed by atoms with Gasteiger partial charge in [0.05, 0.1) is 6.61 Å². The Bertz CT molecular complexity index is 788. The molecule has 1 aromatic heterocycles. The average Bonchev–Trinajstić information content (AvgIpc) is 3.00. The Labute approximate surface area is 147 Å². The van der Waals surface area contributed by atoms with Gasteiger partial charge in [-0.3, -0.25) is 0 Å². The second-order valence-electron chi connectivity index (χ2n) is 4.97. The molecule has 0 radical (unpaired) electrons. The van der Waals surface area contributed by atoms with Crippen molar-refractivity contribution in [3.8, 4) is 11.3 Å². The molecule has 0 bridgehead atoms. The second kappa shape index (κ2) is 6.82. The quantitative estimate of drug-likeness (QED) is 0.385. The van der Waals surface area contributed by atoms with Crippen LogP contribution in [0.15, 0.2) is 34.9 Å². The summed E-state index contributed by atoms with van der Waals surface area (Å²) in [6, 6.07) is 7.06. The van der Waals surface area contributed by atoms with Crippen molar-refractivity contribution in [2.24, 2.45) is 0 Å². The van der Waals surface area contributed by atoms with E-state index in [-0.39, 0.29) is 12.2 Å². The van der Waals surface area contributed by atoms with Gasteiger partial charge in [-0.05, 0) is 18.5 Å². The van der Waals surface area contributed by atoms with Crippen LogP contribution >= 0.6 is 11.6 Å². The van der Waals surface area contributed by atoms with Gasteiger partial charge in [-0.2, -0.15) is 26.3 Å². The number of carbonyl (C=O) groups excluding carboxylic acids is 1. The van der Waals surface area contributed by atoms with Crippen LogP contribution in [0.25, 0.3) is 11.3 Å². The molecule has 0 unspecified atom stereocenters. The molecule has 0 saturated heterocycles. The lowest BCUT2D eigenvalue weighted by Crippen LogP contribution is -2.49. The number of alkyl halides is 7. The summed E-state index contributed by atoms with van der Waals surface area (Å²) < 4.78 is 89.9. The number of ether oxygens (including phenoxy) is 1. The lowest BCUT2D eigenvalue weighted by Gasteiger charge is -2.27. The molecule has 1 aromatic carbocycles. The zero-order valence-corrected chi connectivity index (χ0v) is 13.7. The Morgan fingerprint density at radius 3 is 2.23 bits per heavy atom. The molecule has 0 aliphatic carbocycles. The Hall–Kier alpha value is -2.23. The summed E-state index contributed by atoms with van der Waals surface area (Å²) in [7, 11) is 0. The smallest absolute Gasteiger partial charge is 0.394 e. The lowest BCUT2D eigenvalue weighted by atomic mass is 10.0. The first-order valence-electron chi connectivity index (χ1n) is 7.00. The van der Waals surface area contributed by atoms with Crippen molar-refractivity contribution < 1.29 is 40.4 Å². The number of benzene rings is 1. The molecular formula is C15H10ClF6NO3. The van der Waals surface area contributed by atoms with Crippen LogP contribution in [0.5, 0.6) is 0 Å². The van der Waals surface area contributed by atoms with Crippen LogP contribution in [0.3, 0.4) is 0 Å². The minimum atomic E-state index is -6.07. The van der Waals surface area contributed by atoms with E-state index < -0.39 is 40.2 Å². The number of halogens is 7. The molecule has 2 aromatic rings. The summed E-state index contributed by atoms with van der Waals surface area (Å²) >= 11 is 4.13. The summed E-state index contributed by atoms with van der Waals surface area (Å²) in [6.07, 6.45) is 0. The van der Waals surface area contributed by atoms with Gasteiger partial charge in [-0.25, -0.2) is 4.79 Å². The standard InChI is InChI=1S/C15H10ClF6NO3/c1-2-25-12(24)9-10(8-6-4-3-5-7-8)23-26-11(9)13(17,18)14(19,20)15(16,21)22/h3-7H,2H2,1H3. The zero-order valence-electron chi connectivity index (χ0n) is 12.9. The monoisotopic (exact) mass is 401 g/mol. The molecule has 1 heterocycles. The van der Waals surface area contributed by atoms with Gasteiger partial charge in [0.15, 0.2) is 0 Å². The van der Waals surface area contributed by atoms with Crippen molar-refractivity contribution in [3.05, 3.63) is 41.7 Å². The lowest BCUT2D eigenvalue weighted by molar-refractivity contribution is -0.292. The normalized spacial score (nSPS) is 12.9. The second-order valence-corrected chi connectivity index (χ2v) is 5.44. The van der Waals surface area contributed by atoms with Crippen LogP contribution in [0.4, 0.5) is 26.3 Å². The van der Waals surface area contributed by atoms with E-state index in [9.17, 15) is 31.1 Å². The molecule has 0 saturated carbocycles. The number of hydrogen-bond donors (Lipinski definition) is 0. The van der Waals surface area contributed by atoms with Crippen molar-refractivity contribution in [2.45, 2.75) is 24.2 Å². The number of aromatic nitrogens is 1. The van der Waals surface area contributed by atoms with Gasteiger partial charge in [0.25, 0.3) is 0 Å². The molecule has 0 aliphatic rings. The number of rotatable bonds is 6. The third-order valence-corrected chi connectivity index (χ3v) is 3.49. The van der Waals surface area contributed by atoms with Crippen LogP contribution in [0, 0.1) is 0 Å². The third-order valence-electron chi connectivity index (χ3n) is 3.25. The van der Waals surface area contributed by atoms with Gasteiger partial charge in [0, 0.05) is 5.56 Å². The van der Waals surface area contributed by atoms with Gasteiger partial charge in [0.1, 0.15) is 11.3 Å². The summed E-state index contributed by atoms with van der Waals surface area (Å²) in [5.41, 5.74) is -1.71. The van der Waals surface area contributed by atoms with Crippen LogP contribution in [-0.2, 0) is 10.7 Å². The molecule has 26 heavy (non-hydrogen) atoms. The summed E-state index contributed by atoms with van der Waals surface area (Å²) in [5.74, 6) is -15.3. The first kappa shape index (κ1) is 20.1. The van der Waals surface area contributed by atoms with E-state index in [1.165, 1.54) is 31.2 Å².